The monoisotopic (exact) mass is 467 g/mol. The molecule has 6 nitrogen and oxygen atoms in total. The van der Waals surface area contributed by atoms with Gasteiger partial charge in [-0.2, -0.15) is 0 Å². The molecule has 0 radical (unpaired) electrons. The van der Waals surface area contributed by atoms with Crippen molar-refractivity contribution in [3.63, 3.8) is 0 Å². The highest BCUT2D eigenvalue weighted by molar-refractivity contribution is 8.13. The lowest BCUT2D eigenvalue weighted by atomic mass is 10.2. The van der Waals surface area contributed by atoms with Crippen molar-refractivity contribution in [2.75, 3.05) is 30.9 Å². The van der Waals surface area contributed by atoms with E-state index in [0.29, 0.717) is 22.3 Å². The van der Waals surface area contributed by atoms with Crippen LogP contribution in [-0.4, -0.2) is 36.5 Å². The number of nitrogens with zero attached hydrogens (tertiary/aromatic N) is 2. The van der Waals surface area contributed by atoms with Gasteiger partial charge in [-0.15, -0.1) is 22.7 Å². The van der Waals surface area contributed by atoms with E-state index in [1.807, 2.05) is 43.4 Å². The van der Waals surface area contributed by atoms with E-state index in [-0.39, 0.29) is 12.5 Å². The lowest BCUT2D eigenvalue weighted by molar-refractivity contribution is 0.103. The molecule has 0 spiro atoms. The van der Waals surface area contributed by atoms with Crippen LogP contribution in [-0.2, 0) is 22.8 Å². The van der Waals surface area contributed by atoms with E-state index in [9.17, 15) is 9.69 Å². The van der Waals surface area contributed by atoms with Crippen LogP contribution in [0.5, 0.6) is 0 Å². The molecule has 2 aromatic heterocycles. The van der Waals surface area contributed by atoms with Gasteiger partial charge >= 0.3 is 0 Å². The van der Waals surface area contributed by atoms with E-state index in [0.717, 1.165) is 16.3 Å². The Balaban J connectivity index is 1.82. The van der Waals surface area contributed by atoms with Gasteiger partial charge in [-0.05, 0) is 48.4 Å². The summed E-state index contributed by atoms with van der Waals surface area (Å²) in [5, 5.41) is 5.16. The summed E-state index contributed by atoms with van der Waals surface area (Å²) in [6.07, 6.45) is 0.627. The van der Waals surface area contributed by atoms with E-state index in [1.165, 1.54) is 11.3 Å². The molecule has 1 aromatic carbocycles. The second-order valence-electron chi connectivity index (χ2n) is 6.49. The number of hydrogen-bond donors (Lipinski definition) is 2. The minimum atomic E-state index is -3.31. The summed E-state index contributed by atoms with van der Waals surface area (Å²) >= 11 is 8.36. The van der Waals surface area contributed by atoms with E-state index in [4.69, 9.17) is 16.3 Å². The maximum atomic E-state index is 12.6. The van der Waals surface area contributed by atoms with Gasteiger partial charge in [0.25, 0.3) is 5.91 Å². The minimum absolute atomic E-state index is 0.243. The lowest BCUT2D eigenvalue weighted by Gasteiger charge is -2.22. The Labute approximate surface area is 183 Å². The first-order valence-electron chi connectivity index (χ1n) is 8.81. The highest BCUT2D eigenvalue weighted by Crippen LogP contribution is 2.44. The molecule has 0 saturated carbocycles. The number of benzene rings is 1. The SMILES string of the molecule is Cc1ncsc1CCOP(O)(=S)c1ccc(N(C)C)cc1NC(=O)c1cccs1. The summed E-state index contributed by atoms with van der Waals surface area (Å²) in [6, 6.07) is 8.95. The van der Waals surface area contributed by atoms with Gasteiger partial charge in [-0.25, -0.2) is 4.98 Å². The van der Waals surface area contributed by atoms with Crippen molar-refractivity contribution in [2.45, 2.75) is 13.3 Å². The molecule has 2 heterocycles. The molecular weight excluding hydrogens is 445 g/mol. The molecule has 0 fully saturated rings. The van der Waals surface area contributed by atoms with Crippen molar-refractivity contribution in [3.05, 3.63) is 56.7 Å². The van der Waals surface area contributed by atoms with Gasteiger partial charge in [0.15, 0.2) is 0 Å². The smallest absolute Gasteiger partial charge is 0.265 e. The van der Waals surface area contributed by atoms with Gasteiger partial charge in [-0.1, -0.05) is 6.07 Å². The largest absolute Gasteiger partial charge is 0.378 e. The Bertz CT molecular complexity index is 1030. The average Bonchev–Trinajstić information content (AvgIpc) is 3.34. The van der Waals surface area contributed by atoms with Crippen LogP contribution >= 0.6 is 29.2 Å². The summed E-state index contributed by atoms with van der Waals surface area (Å²) in [7, 11) is 3.81. The van der Waals surface area contributed by atoms with Gasteiger partial charge in [0, 0.05) is 31.1 Å². The third-order valence-electron chi connectivity index (χ3n) is 4.23. The van der Waals surface area contributed by atoms with Crippen LogP contribution in [0.25, 0.3) is 0 Å². The summed E-state index contributed by atoms with van der Waals surface area (Å²) < 4.78 is 5.76. The number of aryl methyl sites for hydroxylation is 1. The first kappa shape index (κ1) is 22.1. The highest BCUT2D eigenvalue weighted by Gasteiger charge is 2.24. The van der Waals surface area contributed by atoms with Crippen molar-refractivity contribution in [3.8, 4) is 0 Å². The van der Waals surface area contributed by atoms with Crippen LogP contribution in [0.15, 0.2) is 41.2 Å². The standard InChI is InChI=1S/C19H22N3O3PS3/c1-13-17(29-12-20-13)8-9-25-26(24,27)16-7-6-14(22(2)3)11-15(16)21-19(23)18-5-4-10-28-18/h4-7,10-12H,8-9H2,1-3H3,(H,21,23)(H,24,27). The first-order valence-corrected chi connectivity index (χ1v) is 13.2. The summed E-state index contributed by atoms with van der Waals surface area (Å²) in [5.41, 5.74) is 4.10. The number of anilines is 2. The molecule has 0 aliphatic heterocycles. The number of rotatable bonds is 8. The van der Waals surface area contributed by atoms with E-state index in [2.05, 4.69) is 10.3 Å². The maximum absolute atomic E-state index is 12.6. The van der Waals surface area contributed by atoms with E-state index >= 15 is 0 Å². The van der Waals surface area contributed by atoms with Crippen molar-refractivity contribution in [1.29, 1.82) is 0 Å². The molecule has 0 saturated heterocycles. The van der Waals surface area contributed by atoms with Crippen molar-refractivity contribution < 1.29 is 14.2 Å². The molecule has 3 rings (SSSR count). The molecule has 154 valence electrons. The fourth-order valence-corrected chi connectivity index (χ4v) is 5.89. The molecule has 1 amide bonds. The molecule has 10 heteroatoms. The van der Waals surface area contributed by atoms with Crippen LogP contribution in [0.4, 0.5) is 11.4 Å². The van der Waals surface area contributed by atoms with Crippen LogP contribution in [0.1, 0.15) is 20.2 Å². The predicted octanol–water partition coefficient (Wildman–Crippen LogP) is 4.02. The van der Waals surface area contributed by atoms with Crippen molar-refractivity contribution in [2.24, 2.45) is 0 Å². The number of thiophene rings is 1. The Morgan fingerprint density at radius 1 is 1.34 bits per heavy atom. The molecule has 3 aromatic rings. The molecule has 0 aliphatic carbocycles. The summed E-state index contributed by atoms with van der Waals surface area (Å²) in [5.74, 6) is -0.243. The second kappa shape index (κ2) is 9.47. The number of thiazole rings is 1. The predicted molar refractivity (Wildman–Crippen MR) is 126 cm³/mol. The van der Waals surface area contributed by atoms with Crippen molar-refractivity contribution >= 4 is 63.6 Å². The Morgan fingerprint density at radius 2 is 2.14 bits per heavy atom. The number of carbonyl (C=O) groups excluding carboxylic acids is 1. The zero-order valence-electron chi connectivity index (χ0n) is 16.3. The summed E-state index contributed by atoms with van der Waals surface area (Å²) in [6.45, 7) is -1.09. The Hall–Kier alpha value is -1.61. The van der Waals surface area contributed by atoms with Crippen LogP contribution in [0, 0.1) is 6.92 Å². The van der Waals surface area contributed by atoms with Gasteiger partial charge in [0.1, 0.15) is 0 Å². The van der Waals surface area contributed by atoms with Crippen LogP contribution in [0.2, 0.25) is 0 Å². The Morgan fingerprint density at radius 3 is 2.76 bits per heavy atom. The maximum Gasteiger partial charge on any atom is 0.265 e. The topological polar surface area (TPSA) is 74.7 Å². The lowest BCUT2D eigenvalue weighted by Crippen LogP contribution is -2.20. The molecule has 29 heavy (non-hydrogen) atoms. The molecule has 1 unspecified atom stereocenters. The minimum Gasteiger partial charge on any atom is -0.378 e. The van der Waals surface area contributed by atoms with Gasteiger partial charge in [-0.3, -0.25) is 4.79 Å². The molecule has 0 bridgehead atoms. The number of carbonyl (C=O) groups is 1. The third kappa shape index (κ3) is 5.51. The fraction of sp³-hybridized carbons (Fsp3) is 0.263. The molecular formula is C19H22N3O3PS3. The molecule has 1 atom stereocenters. The summed E-state index contributed by atoms with van der Waals surface area (Å²) in [4.78, 5) is 31.4. The van der Waals surface area contributed by atoms with Gasteiger partial charge < -0.3 is 19.6 Å². The zero-order chi connectivity index (χ0) is 21.0. The number of hydrogen-bond acceptors (Lipinski definition) is 7. The Kier molecular flexibility index (Phi) is 7.21. The quantitative estimate of drug-likeness (QED) is 0.488. The molecule has 0 aliphatic rings. The third-order valence-corrected chi connectivity index (χ3v) is 8.54. The molecule has 2 N–H and O–H groups in total. The van der Waals surface area contributed by atoms with Crippen LogP contribution < -0.4 is 15.5 Å². The van der Waals surface area contributed by atoms with Gasteiger partial charge in [0.2, 0.25) is 6.49 Å². The highest BCUT2D eigenvalue weighted by atomic mass is 32.5. The van der Waals surface area contributed by atoms with Crippen LogP contribution in [0.3, 0.4) is 0 Å². The second-order valence-corrected chi connectivity index (χ2v) is 11.6. The number of aromatic nitrogens is 1. The zero-order valence-corrected chi connectivity index (χ0v) is 19.6. The van der Waals surface area contributed by atoms with Gasteiger partial charge in [0.05, 0.1) is 33.7 Å². The average molecular weight is 468 g/mol. The van der Waals surface area contributed by atoms with Crippen molar-refractivity contribution in [1.82, 2.24) is 4.98 Å². The normalized spacial score (nSPS) is 13.1. The number of amides is 1. The first-order chi connectivity index (χ1) is 13.8. The van der Waals surface area contributed by atoms with E-state index in [1.54, 1.807) is 35.0 Å². The number of nitrogens with one attached hydrogen (secondary N) is 1. The fourth-order valence-electron chi connectivity index (χ4n) is 2.64. The van der Waals surface area contributed by atoms with E-state index < -0.39 is 6.49 Å².